The molecule has 2 aromatic rings. The lowest BCUT2D eigenvalue weighted by atomic mass is 9.91. The van der Waals surface area contributed by atoms with Gasteiger partial charge in [-0.15, -0.1) is 0 Å². The van der Waals surface area contributed by atoms with Gasteiger partial charge in [0.25, 0.3) is 0 Å². The quantitative estimate of drug-likeness (QED) is 0.508. The van der Waals surface area contributed by atoms with E-state index in [2.05, 4.69) is 27.3 Å². The highest BCUT2D eigenvalue weighted by Gasteiger charge is 2.41. The van der Waals surface area contributed by atoms with Gasteiger partial charge in [0.15, 0.2) is 0 Å². The molecule has 41 heavy (non-hydrogen) atoms. The molecule has 3 atom stereocenters. The fourth-order valence-electron chi connectivity index (χ4n) is 5.90. The molecular weight excluding hydrogens is 534 g/mol. The normalized spacial score (nSPS) is 24.5. The standard InChI is InChI=1S/C29H38F2N6O4/c1-18-11-35(22(10-32-18)12-36-13-23(15-40-4)41-16-27(36)39)14-26(38)37-17-29(2,3)28-25(37)9-21(33-34-28)7-19-5-6-20(30)8-24(19)31/h5-6,8-9,18,22-23,32H,7,10-17H2,1-4H3/t18-,22-,23+/m1/s1. The fourth-order valence-corrected chi connectivity index (χ4v) is 5.90. The lowest BCUT2D eigenvalue weighted by Gasteiger charge is -2.43. The number of piperazine rings is 1. The number of hydrogen-bond donors (Lipinski definition) is 1. The maximum atomic E-state index is 14.3. The average Bonchev–Trinajstić information content (AvgIpc) is 3.19. The summed E-state index contributed by atoms with van der Waals surface area (Å²) in [4.78, 5) is 32.2. The summed E-state index contributed by atoms with van der Waals surface area (Å²) < 4.78 is 38.5. The van der Waals surface area contributed by atoms with E-state index in [1.54, 1.807) is 23.0 Å². The van der Waals surface area contributed by atoms with Gasteiger partial charge < -0.3 is 24.6 Å². The van der Waals surface area contributed by atoms with Gasteiger partial charge >= 0.3 is 0 Å². The van der Waals surface area contributed by atoms with Crippen molar-refractivity contribution in [2.24, 2.45) is 0 Å². The number of fused-ring (bicyclic) bond motifs is 1. The van der Waals surface area contributed by atoms with Crippen LogP contribution in [0.3, 0.4) is 0 Å². The first kappa shape index (κ1) is 29.4. The number of amides is 2. The third-order valence-corrected chi connectivity index (χ3v) is 8.07. The van der Waals surface area contributed by atoms with Crippen molar-refractivity contribution in [3.63, 3.8) is 0 Å². The molecule has 0 aliphatic carbocycles. The number of halogens is 2. The van der Waals surface area contributed by atoms with E-state index < -0.39 is 17.0 Å². The van der Waals surface area contributed by atoms with Gasteiger partial charge in [-0.25, -0.2) is 8.78 Å². The number of anilines is 1. The Morgan fingerprint density at radius 1 is 1.22 bits per heavy atom. The number of morpholine rings is 1. The fraction of sp³-hybridized carbons (Fsp3) is 0.586. The smallest absolute Gasteiger partial charge is 0.248 e. The predicted molar refractivity (Wildman–Crippen MR) is 148 cm³/mol. The van der Waals surface area contributed by atoms with Crippen molar-refractivity contribution in [1.29, 1.82) is 0 Å². The van der Waals surface area contributed by atoms with Gasteiger partial charge in [-0.1, -0.05) is 19.9 Å². The Hall–Kier alpha value is -3.06. The maximum Gasteiger partial charge on any atom is 0.248 e. The van der Waals surface area contributed by atoms with Gasteiger partial charge in [0.1, 0.15) is 18.2 Å². The van der Waals surface area contributed by atoms with Crippen LogP contribution in [0.4, 0.5) is 14.5 Å². The van der Waals surface area contributed by atoms with E-state index >= 15 is 0 Å². The first-order chi connectivity index (χ1) is 19.5. The van der Waals surface area contributed by atoms with Crippen molar-refractivity contribution in [3.8, 4) is 0 Å². The van der Waals surface area contributed by atoms with Gasteiger partial charge in [0.05, 0.1) is 36.3 Å². The predicted octanol–water partition coefficient (Wildman–Crippen LogP) is 1.51. The van der Waals surface area contributed by atoms with Crippen LogP contribution in [0.15, 0.2) is 24.3 Å². The highest BCUT2D eigenvalue weighted by atomic mass is 19.1. The molecule has 1 aromatic carbocycles. The number of hydrogen-bond acceptors (Lipinski definition) is 8. The molecule has 1 aromatic heterocycles. The summed E-state index contributed by atoms with van der Waals surface area (Å²) in [5.74, 6) is -1.43. The van der Waals surface area contributed by atoms with E-state index in [1.807, 2.05) is 13.8 Å². The third-order valence-electron chi connectivity index (χ3n) is 8.07. The number of carbonyl (C=O) groups is 2. The van der Waals surface area contributed by atoms with E-state index in [1.165, 1.54) is 12.1 Å². The number of nitrogens with one attached hydrogen (secondary N) is 1. The molecule has 2 fully saturated rings. The zero-order valence-corrected chi connectivity index (χ0v) is 24.0. The number of carbonyl (C=O) groups excluding carboxylic acids is 2. The molecular formula is C29H38F2N6O4. The summed E-state index contributed by atoms with van der Waals surface area (Å²) in [5, 5.41) is 12.2. The van der Waals surface area contributed by atoms with Crippen molar-refractivity contribution >= 4 is 17.5 Å². The summed E-state index contributed by atoms with van der Waals surface area (Å²) in [6, 6.07) is 5.38. The molecule has 5 rings (SSSR count). The molecule has 0 unspecified atom stereocenters. The Labute approximate surface area is 239 Å². The van der Waals surface area contributed by atoms with Crippen LogP contribution in [0.2, 0.25) is 0 Å². The molecule has 2 amide bonds. The van der Waals surface area contributed by atoms with Crippen LogP contribution in [0.25, 0.3) is 0 Å². The monoisotopic (exact) mass is 572 g/mol. The van der Waals surface area contributed by atoms with Gasteiger partial charge in [-0.3, -0.25) is 14.5 Å². The number of methoxy groups -OCH3 is 1. The van der Waals surface area contributed by atoms with Crippen molar-refractivity contribution in [1.82, 2.24) is 25.3 Å². The second kappa shape index (κ2) is 12.0. The molecule has 222 valence electrons. The lowest BCUT2D eigenvalue weighted by Crippen LogP contribution is -2.62. The summed E-state index contributed by atoms with van der Waals surface area (Å²) in [7, 11) is 1.61. The molecule has 0 saturated carbocycles. The zero-order chi connectivity index (χ0) is 29.3. The first-order valence-corrected chi connectivity index (χ1v) is 14.0. The molecule has 4 heterocycles. The maximum absolute atomic E-state index is 14.3. The topological polar surface area (TPSA) is 100 Å². The zero-order valence-electron chi connectivity index (χ0n) is 24.0. The molecule has 1 N–H and O–H groups in total. The molecule has 3 aliphatic rings. The number of aromatic nitrogens is 2. The van der Waals surface area contributed by atoms with Crippen LogP contribution < -0.4 is 10.2 Å². The van der Waals surface area contributed by atoms with Crippen LogP contribution >= 0.6 is 0 Å². The summed E-state index contributed by atoms with van der Waals surface area (Å²) in [6.45, 7) is 9.40. The van der Waals surface area contributed by atoms with Gasteiger partial charge in [-0.2, -0.15) is 10.2 Å². The average molecular weight is 573 g/mol. The highest BCUT2D eigenvalue weighted by Crippen LogP contribution is 2.39. The minimum absolute atomic E-state index is 0.0222. The molecule has 0 radical (unpaired) electrons. The molecule has 12 heteroatoms. The number of nitrogens with zero attached hydrogens (tertiary/aromatic N) is 5. The summed E-state index contributed by atoms with van der Waals surface area (Å²) in [6.07, 6.45) is -0.0468. The Kier molecular flexibility index (Phi) is 8.65. The van der Waals surface area contributed by atoms with Gasteiger partial charge in [0, 0.05) is 69.8 Å². The summed E-state index contributed by atoms with van der Waals surface area (Å²) in [5.41, 5.74) is 1.76. The van der Waals surface area contributed by atoms with Crippen LogP contribution in [0.1, 0.15) is 37.7 Å². The number of rotatable bonds is 8. The molecule has 3 aliphatic heterocycles. The summed E-state index contributed by atoms with van der Waals surface area (Å²) >= 11 is 0. The second-order valence-electron chi connectivity index (χ2n) is 11.9. The third kappa shape index (κ3) is 6.56. The van der Waals surface area contributed by atoms with Crippen LogP contribution in [-0.4, -0.2) is 110 Å². The Bertz CT molecular complexity index is 1290. The molecule has 10 nitrogen and oxygen atoms in total. The largest absolute Gasteiger partial charge is 0.382 e. The van der Waals surface area contributed by atoms with E-state index in [4.69, 9.17) is 9.47 Å². The lowest BCUT2D eigenvalue weighted by molar-refractivity contribution is -0.153. The second-order valence-corrected chi connectivity index (χ2v) is 11.9. The Balaban J connectivity index is 1.32. The van der Waals surface area contributed by atoms with E-state index in [9.17, 15) is 18.4 Å². The van der Waals surface area contributed by atoms with Crippen LogP contribution in [0.5, 0.6) is 0 Å². The van der Waals surface area contributed by atoms with E-state index in [-0.39, 0.29) is 49.6 Å². The molecule has 0 spiro atoms. The van der Waals surface area contributed by atoms with Gasteiger partial charge in [-0.05, 0) is 24.6 Å². The highest BCUT2D eigenvalue weighted by molar-refractivity contribution is 5.97. The number of benzene rings is 1. The van der Waals surface area contributed by atoms with Crippen LogP contribution in [0, 0.1) is 11.6 Å². The Morgan fingerprint density at radius 3 is 2.78 bits per heavy atom. The SMILES string of the molecule is COC[C@@H]1CN(C[C@H]2CN[C@H](C)CN2CC(=O)N2CC(C)(C)c3nnc(Cc4ccc(F)cc4F)cc32)C(=O)CO1. The van der Waals surface area contributed by atoms with Crippen molar-refractivity contribution in [3.05, 3.63) is 52.9 Å². The number of ether oxygens (including phenoxy) is 2. The Morgan fingerprint density at radius 2 is 2.02 bits per heavy atom. The minimum atomic E-state index is -0.647. The van der Waals surface area contributed by atoms with E-state index in [0.717, 1.165) is 6.07 Å². The molecule has 2 saturated heterocycles. The van der Waals surface area contributed by atoms with Crippen molar-refractivity contribution in [2.45, 2.75) is 50.8 Å². The van der Waals surface area contributed by atoms with E-state index in [0.29, 0.717) is 62.0 Å². The molecule has 0 bridgehead atoms. The van der Waals surface area contributed by atoms with Crippen molar-refractivity contribution in [2.75, 3.05) is 64.5 Å². The van der Waals surface area contributed by atoms with Gasteiger partial charge in [0.2, 0.25) is 11.8 Å². The minimum Gasteiger partial charge on any atom is -0.382 e. The van der Waals surface area contributed by atoms with Crippen molar-refractivity contribution < 1.29 is 27.8 Å². The first-order valence-electron chi connectivity index (χ1n) is 14.0. The van der Waals surface area contributed by atoms with Crippen LogP contribution in [-0.2, 0) is 30.9 Å².